The summed E-state index contributed by atoms with van der Waals surface area (Å²) in [5, 5.41) is 0.0629. The van der Waals surface area contributed by atoms with E-state index in [-0.39, 0.29) is 17.8 Å². The molecule has 0 aliphatic heterocycles. The summed E-state index contributed by atoms with van der Waals surface area (Å²) in [6.45, 7) is 0.650. The maximum Gasteiger partial charge on any atom is 0.329 e. The lowest BCUT2D eigenvalue weighted by atomic mass is 10.3. The first-order chi connectivity index (χ1) is 8.16. The van der Waals surface area contributed by atoms with E-state index in [4.69, 9.17) is 16.3 Å². The molecule has 1 N–H and O–H groups in total. The quantitative estimate of drug-likeness (QED) is 0.824. The number of H-pyrrole nitrogens is 1. The first-order valence-electron chi connectivity index (χ1n) is 5.78. The predicted octanol–water partition coefficient (Wildman–Crippen LogP) is 1.15. The standard InChI is InChI=1S/C11H15ClN2O3/c12-9-7-10(15)14(11(16)13-9)5-6-17-8-3-1-2-4-8/h7-8H,1-6H2,(H,13,16). The third-order valence-corrected chi connectivity index (χ3v) is 3.16. The molecule has 0 aromatic carbocycles. The Morgan fingerprint density at radius 1 is 1.41 bits per heavy atom. The number of halogens is 1. The van der Waals surface area contributed by atoms with Gasteiger partial charge in [-0.3, -0.25) is 14.3 Å². The zero-order valence-corrected chi connectivity index (χ0v) is 10.2. The highest BCUT2D eigenvalue weighted by molar-refractivity contribution is 6.29. The second-order valence-electron chi connectivity index (χ2n) is 4.19. The number of hydrogen-bond donors (Lipinski definition) is 1. The second kappa shape index (κ2) is 5.51. The van der Waals surface area contributed by atoms with E-state index in [2.05, 4.69) is 4.98 Å². The lowest BCUT2D eigenvalue weighted by Gasteiger charge is -2.11. The molecule has 5 nitrogen and oxygen atoms in total. The molecular formula is C11H15ClN2O3. The van der Waals surface area contributed by atoms with Crippen molar-refractivity contribution in [1.82, 2.24) is 9.55 Å². The number of aromatic nitrogens is 2. The highest BCUT2D eigenvalue weighted by Gasteiger charge is 2.15. The van der Waals surface area contributed by atoms with Crippen LogP contribution in [0.15, 0.2) is 15.7 Å². The maximum atomic E-state index is 11.5. The van der Waals surface area contributed by atoms with Gasteiger partial charge in [-0.15, -0.1) is 0 Å². The maximum absolute atomic E-state index is 11.5. The summed E-state index contributed by atoms with van der Waals surface area (Å²) in [7, 11) is 0. The Bertz CT molecular complexity index is 457. The molecule has 1 saturated carbocycles. The van der Waals surface area contributed by atoms with Gasteiger partial charge >= 0.3 is 5.69 Å². The smallest absolute Gasteiger partial charge is 0.329 e. The van der Waals surface area contributed by atoms with Crippen LogP contribution in [-0.4, -0.2) is 22.3 Å². The summed E-state index contributed by atoms with van der Waals surface area (Å²) < 4.78 is 6.70. The molecular weight excluding hydrogens is 244 g/mol. The SMILES string of the molecule is O=c1cc(Cl)[nH]c(=O)n1CCOC1CCCC1. The van der Waals surface area contributed by atoms with E-state index in [1.165, 1.54) is 18.9 Å². The van der Waals surface area contributed by atoms with Gasteiger partial charge < -0.3 is 4.74 Å². The molecule has 2 rings (SSSR count). The van der Waals surface area contributed by atoms with Crippen LogP contribution in [0.25, 0.3) is 0 Å². The minimum Gasteiger partial charge on any atom is -0.376 e. The number of nitrogens with zero attached hydrogens (tertiary/aromatic N) is 1. The largest absolute Gasteiger partial charge is 0.376 e. The van der Waals surface area contributed by atoms with Crippen LogP contribution in [0.3, 0.4) is 0 Å². The van der Waals surface area contributed by atoms with Crippen molar-refractivity contribution >= 4 is 11.6 Å². The van der Waals surface area contributed by atoms with Crippen molar-refractivity contribution in [3.05, 3.63) is 32.1 Å². The number of rotatable bonds is 4. The molecule has 0 saturated heterocycles. The Morgan fingerprint density at radius 3 is 2.76 bits per heavy atom. The van der Waals surface area contributed by atoms with Gasteiger partial charge in [0.25, 0.3) is 5.56 Å². The van der Waals surface area contributed by atoms with Crippen LogP contribution in [0.4, 0.5) is 0 Å². The number of aromatic amines is 1. The van der Waals surface area contributed by atoms with Crippen molar-refractivity contribution in [1.29, 1.82) is 0 Å². The fourth-order valence-corrected chi connectivity index (χ4v) is 2.24. The Balaban J connectivity index is 1.94. The topological polar surface area (TPSA) is 64.1 Å². The van der Waals surface area contributed by atoms with Gasteiger partial charge in [0, 0.05) is 6.07 Å². The lowest BCUT2D eigenvalue weighted by molar-refractivity contribution is 0.0520. The highest BCUT2D eigenvalue weighted by atomic mass is 35.5. The summed E-state index contributed by atoms with van der Waals surface area (Å²) in [4.78, 5) is 25.3. The predicted molar refractivity (Wildman–Crippen MR) is 64.5 cm³/mol. The fourth-order valence-electron chi connectivity index (χ4n) is 2.07. The Hall–Kier alpha value is -1.07. The van der Waals surface area contributed by atoms with Gasteiger partial charge in [0.2, 0.25) is 0 Å². The van der Waals surface area contributed by atoms with Gasteiger partial charge in [0.05, 0.1) is 19.3 Å². The van der Waals surface area contributed by atoms with Crippen LogP contribution in [0.2, 0.25) is 5.15 Å². The molecule has 0 bridgehead atoms. The highest BCUT2D eigenvalue weighted by Crippen LogP contribution is 2.20. The van der Waals surface area contributed by atoms with Gasteiger partial charge in [-0.1, -0.05) is 24.4 Å². The minimum atomic E-state index is -0.488. The molecule has 1 heterocycles. The van der Waals surface area contributed by atoms with E-state index in [0.717, 1.165) is 17.4 Å². The number of hydrogen-bond acceptors (Lipinski definition) is 3. The van der Waals surface area contributed by atoms with Crippen molar-refractivity contribution in [3.63, 3.8) is 0 Å². The van der Waals surface area contributed by atoms with E-state index in [0.29, 0.717) is 6.61 Å². The first-order valence-corrected chi connectivity index (χ1v) is 6.16. The molecule has 6 heteroatoms. The van der Waals surface area contributed by atoms with Crippen molar-refractivity contribution in [3.8, 4) is 0 Å². The molecule has 1 fully saturated rings. The second-order valence-corrected chi connectivity index (χ2v) is 4.60. The summed E-state index contributed by atoms with van der Waals surface area (Å²) in [6.07, 6.45) is 4.84. The van der Waals surface area contributed by atoms with Gasteiger partial charge in [0.15, 0.2) is 0 Å². The monoisotopic (exact) mass is 258 g/mol. The van der Waals surface area contributed by atoms with E-state index in [9.17, 15) is 9.59 Å². The van der Waals surface area contributed by atoms with Gasteiger partial charge in [-0.25, -0.2) is 4.79 Å². The Kier molecular flexibility index (Phi) is 4.02. The molecule has 0 amide bonds. The van der Waals surface area contributed by atoms with E-state index in [1.807, 2.05) is 0 Å². The van der Waals surface area contributed by atoms with Crippen molar-refractivity contribution in [2.24, 2.45) is 0 Å². The summed E-state index contributed by atoms with van der Waals surface area (Å²) >= 11 is 5.56. The third kappa shape index (κ3) is 3.20. The number of nitrogens with one attached hydrogen (secondary N) is 1. The molecule has 1 aromatic heterocycles. The minimum absolute atomic E-state index is 0.0629. The van der Waals surface area contributed by atoms with Crippen molar-refractivity contribution in [2.75, 3.05) is 6.61 Å². The Morgan fingerprint density at radius 2 is 2.12 bits per heavy atom. The molecule has 1 aliphatic rings. The molecule has 1 aliphatic carbocycles. The Labute approximate surface area is 103 Å². The van der Waals surface area contributed by atoms with Crippen LogP contribution in [-0.2, 0) is 11.3 Å². The first kappa shape index (κ1) is 12.4. The lowest BCUT2D eigenvalue weighted by Crippen LogP contribution is -2.36. The molecule has 0 spiro atoms. The average Bonchev–Trinajstić information content (AvgIpc) is 2.74. The summed E-state index contributed by atoms with van der Waals surface area (Å²) in [5.74, 6) is 0. The van der Waals surface area contributed by atoms with Gasteiger partial charge in [-0.05, 0) is 12.8 Å². The van der Waals surface area contributed by atoms with Crippen molar-refractivity contribution < 1.29 is 4.74 Å². The molecule has 0 unspecified atom stereocenters. The van der Waals surface area contributed by atoms with Gasteiger partial charge in [0.1, 0.15) is 5.15 Å². The molecule has 0 radical (unpaired) electrons. The zero-order valence-electron chi connectivity index (χ0n) is 9.45. The van der Waals surface area contributed by atoms with Crippen LogP contribution >= 0.6 is 11.6 Å². The van der Waals surface area contributed by atoms with Crippen LogP contribution in [0, 0.1) is 0 Å². The zero-order chi connectivity index (χ0) is 12.3. The van der Waals surface area contributed by atoms with E-state index >= 15 is 0 Å². The molecule has 94 valence electrons. The molecule has 0 atom stereocenters. The average molecular weight is 259 g/mol. The van der Waals surface area contributed by atoms with Crippen LogP contribution < -0.4 is 11.2 Å². The molecule has 1 aromatic rings. The van der Waals surface area contributed by atoms with Crippen LogP contribution in [0.5, 0.6) is 0 Å². The summed E-state index contributed by atoms with van der Waals surface area (Å²) in [6, 6.07) is 1.19. The molecule has 17 heavy (non-hydrogen) atoms. The van der Waals surface area contributed by atoms with Crippen molar-refractivity contribution in [2.45, 2.75) is 38.3 Å². The van der Waals surface area contributed by atoms with Gasteiger partial charge in [-0.2, -0.15) is 0 Å². The van der Waals surface area contributed by atoms with E-state index < -0.39 is 11.2 Å². The third-order valence-electron chi connectivity index (χ3n) is 2.96. The van der Waals surface area contributed by atoms with E-state index in [1.54, 1.807) is 0 Å². The normalized spacial score (nSPS) is 16.5. The summed E-state index contributed by atoms with van der Waals surface area (Å²) in [5.41, 5.74) is -0.883. The number of ether oxygens (including phenoxy) is 1. The van der Waals surface area contributed by atoms with Crippen LogP contribution in [0.1, 0.15) is 25.7 Å². The fraction of sp³-hybridized carbons (Fsp3) is 0.636.